The molecule has 41 heavy (non-hydrogen) atoms. The van der Waals surface area contributed by atoms with Crippen LogP contribution in [0.2, 0.25) is 0 Å². The standard InChI is InChI=1S/C31H45N5O5/c1-3-41-29(37)19-27(24-5-4-22-8-11-34-20-25(22)18-24)26-6-7-28(30(32)21(26)2)36(33)15-17-40-16-14-35-12-9-23(10-13-35)31(38)39/h4-7,18,23,27,34H,3,8-17,19-20,32-33H2,1-2H3,(H,38,39). The molecule has 4 rings (SSSR count). The zero-order chi connectivity index (χ0) is 29.4. The highest BCUT2D eigenvalue weighted by Crippen LogP contribution is 2.37. The first kappa shape index (κ1) is 30.8. The number of esters is 1. The van der Waals surface area contributed by atoms with Gasteiger partial charge in [-0.25, -0.2) is 5.84 Å². The second kappa shape index (κ2) is 14.6. The summed E-state index contributed by atoms with van der Waals surface area (Å²) in [7, 11) is 0. The molecule has 2 aliphatic rings. The number of hydrazine groups is 1. The fraction of sp³-hybridized carbons (Fsp3) is 0.548. The van der Waals surface area contributed by atoms with Crippen molar-refractivity contribution in [3.8, 4) is 0 Å². The highest BCUT2D eigenvalue weighted by atomic mass is 16.5. The van der Waals surface area contributed by atoms with Crippen LogP contribution in [0.25, 0.3) is 0 Å². The molecule has 0 radical (unpaired) electrons. The van der Waals surface area contributed by atoms with Crippen molar-refractivity contribution in [1.29, 1.82) is 0 Å². The second-order valence-electron chi connectivity index (χ2n) is 11.0. The van der Waals surface area contributed by atoms with E-state index in [-0.39, 0.29) is 24.2 Å². The van der Waals surface area contributed by atoms with Gasteiger partial charge in [0, 0.05) is 19.0 Å². The lowest BCUT2D eigenvalue weighted by Crippen LogP contribution is -2.39. The van der Waals surface area contributed by atoms with E-state index in [9.17, 15) is 9.59 Å². The van der Waals surface area contributed by atoms with E-state index in [0.717, 1.165) is 61.5 Å². The predicted octanol–water partition coefficient (Wildman–Crippen LogP) is 2.80. The summed E-state index contributed by atoms with van der Waals surface area (Å²) in [5, 5.41) is 14.2. The maximum Gasteiger partial charge on any atom is 0.306 e. The Morgan fingerprint density at radius 2 is 1.95 bits per heavy atom. The topological polar surface area (TPSA) is 143 Å². The van der Waals surface area contributed by atoms with E-state index in [1.165, 1.54) is 11.1 Å². The lowest BCUT2D eigenvalue weighted by molar-refractivity contribution is -0.144. The van der Waals surface area contributed by atoms with Crippen LogP contribution >= 0.6 is 0 Å². The Morgan fingerprint density at radius 3 is 2.68 bits per heavy atom. The number of nitrogens with one attached hydrogen (secondary N) is 1. The molecule has 10 heteroatoms. The van der Waals surface area contributed by atoms with Gasteiger partial charge in [-0.1, -0.05) is 24.3 Å². The van der Waals surface area contributed by atoms with Crippen molar-refractivity contribution in [3.05, 3.63) is 58.1 Å². The highest BCUT2D eigenvalue weighted by molar-refractivity contribution is 5.75. The molecule has 1 saturated heterocycles. The fourth-order valence-electron chi connectivity index (χ4n) is 5.85. The third-order valence-corrected chi connectivity index (χ3v) is 8.38. The lowest BCUT2D eigenvalue weighted by atomic mass is 9.83. The molecule has 0 spiro atoms. The molecular formula is C31H45N5O5. The van der Waals surface area contributed by atoms with Gasteiger partial charge in [-0.05, 0) is 86.6 Å². The van der Waals surface area contributed by atoms with Gasteiger partial charge in [0.2, 0.25) is 0 Å². The number of carbonyl (C=O) groups excluding carboxylic acids is 1. The third kappa shape index (κ3) is 7.97. The maximum atomic E-state index is 12.6. The van der Waals surface area contributed by atoms with Crippen molar-refractivity contribution < 1.29 is 24.2 Å². The van der Waals surface area contributed by atoms with E-state index >= 15 is 0 Å². The average Bonchev–Trinajstić information content (AvgIpc) is 2.97. The Labute approximate surface area is 242 Å². The number of benzene rings is 2. The van der Waals surface area contributed by atoms with Crippen LogP contribution in [0.4, 0.5) is 11.4 Å². The number of carbonyl (C=O) groups is 2. The van der Waals surface area contributed by atoms with Crippen molar-refractivity contribution >= 4 is 23.3 Å². The minimum atomic E-state index is -0.697. The number of hydrogen-bond acceptors (Lipinski definition) is 9. The third-order valence-electron chi connectivity index (χ3n) is 8.38. The molecule has 0 bridgehead atoms. The minimum absolute atomic E-state index is 0.187. The fourth-order valence-corrected chi connectivity index (χ4v) is 5.85. The summed E-state index contributed by atoms with van der Waals surface area (Å²) in [4.78, 5) is 26.0. The van der Waals surface area contributed by atoms with Gasteiger partial charge in [0.15, 0.2) is 0 Å². The number of fused-ring (bicyclic) bond motifs is 1. The number of likely N-dealkylation sites (tertiary alicyclic amines) is 1. The Morgan fingerprint density at radius 1 is 1.17 bits per heavy atom. The number of nitrogen functional groups attached to an aromatic ring is 1. The Balaban J connectivity index is 1.38. The normalized spacial score (nSPS) is 16.7. The van der Waals surface area contributed by atoms with Gasteiger partial charge in [0.25, 0.3) is 0 Å². The van der Waals surface area contributed by atoms with E-state index in [2.05, 4.69) is 28.4 Å². The van der Waals surface area contributed by atoms with E-state index in [0.29, 0.717) is 44.9 Å². The zero-order valence-corrected chi connectivity index (χ0v) is 24.4. The number of ether oxygens (including phenoxy) is 2. The number of nitrogens with zero attached hydrogens (tertiary/aromatic N) is 2. The van der Waals surface area contributed by atoms with Crippen molar-refractivity contribution in [1.82, 2.24) is 10.2 Å². The first-order valence-corrected chi connectivity index (χ1v) is 14.7. The number of hydrogen-bond donors (Lipinski definition) is 4. The van der Waals surface area contributed by atoms with Crippen molar-refractivity contribution in [2.75, 3.05) is 63.3 Å². The molecular weight excluding hydrogens is 522 g/mol. The molecule has 6 N–H and O–H groups in total. The Kier molecular flexibility index (Phi) is 11.0. The van der Waals surface area contributed by atoms with E-state index < -0.39 is 5.97 Å². The van der Waals surface area contributed by atoms with Crippen LogP contribution in [0.3, 0.4) is 0 Å². The molecule has 2 heterocycles. The molecule has 0 aliphatic carbocycles. The number of piperidine rings is 1. The lowest BCUT2D eigenvalue weighted by Gasteiger charge is -2.30. The van der Waals surface area contributed by atoms with Crippen LogP contribution in [0, 0.1) is 12.8 Å². The number of carboxylic acid groups (broad SMARTS) is 1. The van der Waals surface area contributed by atoms with Crippen LogP contribution in [0.1, 0.15) is 59.9 Å². The summed E-state index contributed by atoms with van der Waals surface area (Å²) in [5.74, 6) is 5.04. The molecule has 1 fully saturated rings. The van der Waals surface area contributed by atoms with Crippen LogP contribution in [-0.2, 0) is 32.0 Å². The highest BCUT2D eigenvalue weighted by Gasteiger charge is 2.25. The van der Waals surface area contributed by atoms with E-state index in [1.807, 2.05) is 26.0 Å². The molecule has 10 nitrogen and oxygen atoms in total. The van der Waals surface area contributed by atoms with Crippen molar-refractivity contribution in [2.45, 2.75) is 52.0 Å². The maximum absolute atomic E-state index is 12.6. The predicted molar refractivity (Wildman–Crippen MR) is 160 cm³/mol. The quantitative estimate of drug-likeness (QED) is 0.0938. The number of anilines is 2. The van der Waals surface area contributed by atoms with Gasteiger partial charge >= 0.3 is 11.9 Å². The number of aliphatic carboxylic acids is 1. The Hall–Kier alpha value is -3.18. The molecule has 0 aromatic heterocycles. The molecule has 0 amide bonds. The monoisotopic (exact) mass is 567 g/mol. The average molecular weight is 568 g/mol. The molecule has 1 unspecified atom stereocenters. The largest absolute Gasteiger partial charge is 0.481 e. The van der Waals surface area contributed by atoms with Crippen LogP contribution in [0.5, 0.6) is 0 Å². The van der Waals surface area contributed by atoms with Gasteiger partial charge in [0.05, 0.1) is 50.1 Å². The summed E-state index contributed by atoms with van der Waals surface area (Å²) in [6, 6.07) is 10.4. The second-order valence-corrected chi connectivity index (χ2v) is 11.0. The molecule has 224 valence electrons. The number of carboxylic acids is 1. The Bertz CT molecular complexity index is 1200. The first-order valence-electron chi connectivity index (χ1n) is 14.7. The summed E-state index contributed by atoms with van der Waals surface area (Å²) in [6.45, 7) is 9.74. The summed E-state index contributed by atoms with van der Waals surface area (Å²) in [6.07, 6.45) is 2.60. The first-order chi connectivity index (χ1) is 19.8. The molecule has 2 aromatic rings. The van der Waals surface area contributed by atoms with Gasteiger partial charge in [0.1, 0.15) is 0 Å². The molecule has 2 aromatic carbocycles. The molecule has 1 atom stereocenters. The molecule has 0 saturated carbocycles. The summed E-state index contributed by atoms with van der Waals surface area (Å²) in [5.41, 5.74) is 13.5. The zero-order valence-electron chi connectivity index (χ0n) is 24.4. The SMILES string of the molecule is CCOC(=O)CC(c1ccc2c(c1)CNCC2)c1ccc(N(N)CCOCCN2CCC(C(=O)O)CC2)c(N)c1C. The smallest absolute Gasteiger partial charge is 0.306 e. The summed E-state index contributed by atoms with van der Waals surface area (Å²) >= 11 is 0. The number of nitrogens with two attached hydrogens (primary N) is 2. The van der Waals surface area contributed by atoms with Crippen molar-refractivity contribution in [2.24, 2.45) is 11.8 Å². The van der Waals surface area contributed by atoms with Gasteiger partial charge in [-0.2, -0.15) is 0 Å². The van der Waals surface area contributed by atoms with Crippen LogP contribution in [0.15, 0.2) is 30.3 Å². The van der Waals surface area contributed by atoms with E-state index in [1.54, 1.807) is 5.01 Å². The van der Waals surface area contributed by atoms with Gasteiger partial charge in [-0.3, -0.25) is 9.59 Å². The van der Waals surface area contributed by atoms with Crippen LogP contribution in [-0.4, -0.2) is 74.5 Å². The van der Waals surface area contributed by atoms with E-state index in [4.69, 9.17) is 26.2 Å². The van der Waals surface area contributed by atoms with Crippen molar-refractivity contribution in [3.63, 3.8) is 0 Å². The van der Waals surface area contributed by atoms with Gasteiger partial charge in [-0.15, -0.1) is 0 Å². The summed E-state index contributed by atoms with van der Waals surface area (Å²) < 4.78 is 11.2. The molecule has 2 aliphatic heterocycles. The van der Waals surface area contributed by atoms with Crippen LogP contribution < -0.4 is 21.9 Å². The number of rotatable bonds is 13. The minimum Gasteiger partial charge on any atom is -0.481 e. The van der Waals surface area contributed by atoms with Gasteiger partial charge < -0.3 is 35.5 Å².